The molecular formula is C19H18FN3O4S2. The third-order valence-corrected chi connectivity index (χ3v) is 7.83. The van der Waals surface area contributed by atoms with E-state index in [1.54, 1.807) is 32.9 Å². The summed E-state index contributed by atoms with van der Waals surface area (Å²) in [6.07, 6.45) is 0. The zero-order valence-corrected chi connectivity index (χ0v) is 17.4. The third-order valence-electron chi connectivity index (χ3n) is 5.06. The second-order valence-electron chi connectivity index (χ2n) is 7.49. The molecule has 7 nitrogen and oxygen atoms in total. The van der Waals surface area contributed by atoms with Gasteiger partial charge in [0.05, 0.1) is 5.69 Å². The topological polar surface area (TPSA) is 99.6 Å². The number of hydrogen-bond acceptors (Lipinski definition) is 6. The zero-order chi connectivity index (χ0) is 21.1. The second kappa shape index (κ2) is 6.81. The van der Waals surface area contributed by atoms with Crippen molar-refractivity contribution in [3.05, 3.63) is 40.7 Å². The summed E-state index contributed by atoms with van der Waals surface area (Å²) >= 11 is 2.54. The number of carboxylic acid groups (broad SMARTS) is 1. The van der Waals surface area contributed by atoms with Crippen molar-refractivity contribution in [2.24, 2.45) is 0 Å². The van der Waals surface area contributed by atoms with Gasteiger partial charge < -0.3 is 15.3 Å². The lowest BCUT2D eigenvalue weighted by Gasteiger charge is -2.43. The molecule has 0 aliphatic carbocycles. The fraction of sp³-hybridized carbons (Fsp3) is 0.368. The molecule has 2 N–H and O–H groups in total. The number of amides is 2. The summed E-state index contributed by atoms with van der Waals surface area (Å²) in [5.74, 6) is -2.23. The van der Waals surface area contributed by atoms with Crippen LogP contribution < -0.4 is 5.32 Å². The lowest BCUT2D eigenvalue weighted by atomic mass is 9.96. The Kier molecular flexibility index (Phi) is 4.66. The highest BCUT2D eigenvalue weighted by molar-refractivity contribution is 8.01. The van der Waals surface area contributed by atoms with Crippen molar-refractivity contribution in [3.63, 3.8) is 0 Å². The standard InChI is InChI=1S/C19H18FN3O4S2/c1-8-12(28-15(21-8)9-4-6-10(20)7-5-9)14(24)22-11-16(25)23-13(18(26)27)19(2,3)29-17(11)23/h4-7,11,13,17H,1-3H3,(H,22,24)(H,26,27)/t11-,13+,17-/m1/s1. The number of benzene rings is 1. The van der Waals surface area contributed by atoms with Crippen LogP contribution >= 0.6 is 23.1 Å². The maximum Gasteiger partial charge on any atom is 0.327 e. The molecule has 1 aromatic carbocycles. The molecule has 0 radical (unpaired) electrons. The van der Waals surface area contributed by atoms with Crippen LogP contribution in [0.5, 0.6) is 0 Å². The van der Waals surface area contributed by atoms with E-state index in [9.17, 15) is 23.9 Å². The first-order valence-corrected chi connectivity index (χ1v) is 10.6. The molecule has 2 saturated heterocycles. The molecule has 3 heterocycles. The number of carbonyl (C=O) groups excluding carboxylic acids is 2. The number of aromatic nitrogens is 1. The maximum absolute atomic E-state index is 13.1. The lowest BCUT2D eigenvalue weighted by Crippen LogP contribution is -2.70. The van der Waals surface area contributed by atoms with Gasteiger partial charge in [0.1, 0.15) is 33.2 Å². The fourth-order valence-corrected chi connectivity index (χ4v) is 6.28. The van der Waals surface area contributed by atoms with E-state index in [2.05, 4.69) is 10.3 Å². The first-order chi connectivity index (χ1) is 13.6. The summed E-state index contributed by atoms with van der Waals surface area (Å²) in [6, 6.07) is 4.13. The molecule has 0 spiro atoms. The van der Waals surface area contributed by atoms with E-state index in [4.69, 9.17) is 0 Å². The van der Waals surface area contributed by atoms with Gasteiger partial charge >= 0.3 is 5.97 Å². The number of carboxylic acids is 1. The number of β-lactam (4-membered cyclic amide) rings is 1. The Hall–Kier alpha value is -2.46. The number of nitrogens with zero attached hydrogens (tertiary/aromatic N) is 2. The molecule has 4 rings (SSSR count). The molecule has 2 aliphatic rings. The van der Waals surface area contributed by atoms with Gasteiger partial charge in [0.25, 0.3) is 5.91 Å². The van der Waals surface area contributed by atoms with Crippen molar-refractivity contribution in [2.45, 2.75) is 43.0 Å². The number of halogens is 1. The van der Waals surface area contributed by atoms with Crippen molar-refractivity contribution < 1.29 is 23.9 Å². The lowest BCUT2D eigenvalue weighted by molar-refractivity contribution is -0.159. The molecule has 2 aromatic rings. The van der Waals surface area contributed by atoms with Gasteiger partial charge in [-0.1, -0.05) is 0 Å². The van der Waals surface area contributed by atoms with E-state index >= 15 is 0 Å². The number of fused-ring (bicyclic) bond motifs is 1. The number of thioether (sulfide) groups is 1. The quantitative estimate of drug-likeness (QED) is 0.716. The molecule has 0 bridgehead atoms. The number of aryl methyl sites for hydroxylation is 1. The van der Waals surface area contributed by atoms with Crippen LogP contribution in [0.4, 0.5) is 4.39 Å². The maximum atomic E-state index is 13.1. The average molecular weight is 436 g/mol. The summed E-state index contributed by atoms with van der Waals surface area (Å²) in [7, 11) is 0. The van der Waals surface area contributed by atoms with E-state index in [0.717, 1.165) is 11.3 Å². The van der Waals surface area contributed by atoms with Crippen LogP contribution in [-0.4, -0.2) is 55.0 Å². The molecule has 0 unspecified atom stereocenters. The first-order valence-electron chi connectivity index (χ1n) is 8.87. The summed E-state index contributed by atoms with van der Waals surface area (Å²) in [4.78, 5) is 43.0. The molecule has 0 saturated carbocycles. The van der Waals surface area contributed by atoms with Crippen LogP contribution in [0.1, 0.15) is 29.2 Å². The van der Waals surface area contributed by atoms with E-state index in [0.29, 0.717) is 21.1 Å². The predicted molar refractivity (Wildman–Crippen MR) is 107 cm³/mol. The molecule has 3 atom stereocenters. The van der Waals surface area contributed by atoms with Gasteiger partial charge in [-0.15, -0.1) is 23.1 Å². The van der Waals surface area contributed by atoms with Gasteiger partial charge in [-0.05, 0) is 45.0 Å². The zero-order valence-electron chi connectivity index (χ0n) is 15.8. The van der Waals surface area contributed by atoms with Gasteiger partial charge in [0.15, 0.2) is 0 Å². The van der Waals surface area contributed by atoms with Crippen molar-refractivity contribution in [3.8, 4) is 10.6 Å². The summed E-state index contributed by atoms with van der Waals surface area (Å²) in [6.45, 7) is 5.26. The largest absolute Gasteiger partial charge is 0.480 e. The normalized spacial score (nSPS) is 24.8. The number of hydrogen-bond donors (Lipinski definition) is 2. The number of aliphatic carboxylic acids is 1. The van der Waals surface area contributed by atoms with Crippen molar-refractivity contribution in [2.75, 3.05) is 0 Å². The van der Waals surface area contributed by atoms with E-state index in [1.165, 1.54) is 28.8 Å². The van der Waals surface area contributed by atoms with Gasteiger partial charge in [0.2, 0.25) is 5.91 Å². The average Bonchev–Trinajstić information content (AvgIpc) is 3.15. The first kappa shape index (κ1) is 19.8. The Labute approximate surface area is 174 Å². The van der Waals surface area contributed by atoms with Crippen LogP contribution in [0.2, 0.25) is 0 Å². The molecule has 10 heteroatoms. The highest BCUT2D eigenvalue weighted by atomic mass is 32.2. The smallest absolute Gasteiger partial charge is 0.327 e. The molecule has 2 fully saturated rings. The number of carbonyl (C=O) groups is 3. The Morgan fingerprint density at radius 2 is 1.93 bits per heavy atom. The van der Waals surface area contributed by atoms with Crippen LogP contribution in [0, 0.1) is 12.7 Å². The molecule has 152 valence electrons. The van der Waals surface area contributed by atoms with Gasteiger partial charge in [-0.25, -0.2) is 14.2 Å². The molecular weight excluding hydrogens is 417 g/mol. The Morgan fingerprint density at radius 3 is 2.55 bits per heavy atom. The molecule has 2 aliphatic heterocycles. The van der Waals surface area contributed by atoms with E-state index in [1.807, 2.05) is 0 Å². The van der Waals surface area contributed by atoms with Crippen LogP contribution in [0.3, 0.4) is 0 Å². The van der Waals surface area contributed by atoms with Crippen molar-refractivity contribution in [1.82, 2.24) is 15.2 Å². The Morgan fingerprint density at radius 1 is 1.28 bits per heavy atom. The minimum atomic E-state index is -1.05. The SMILES string of the molecule is Cc1nc(-c2ccc(F)cc2)sc1C(=O)N[C@@H]1C(=O)N2[C@@H]1SC(C)(C)[C@@H]2C(=O)O. The summed E-state index contributed by atoms with van der Waals surface area (Å²) in [5, 5.41) is 12.4. The van der Waals surface area contributed by atoms with Crippen molar-refractivity contribution in [1.29, 1.82) is 0 Å². The fourth-order valence-electron chi connectivity index (χ4n) is 3.68. The van der Waals surface area contributed by atoms with Crippen molar-refractivity contribution >= 4 is 40.9 Å². The highest BCUT2D eigenvalue weighted by Gasteiger charge is 2.64. The number of nitrogens with one attached hydrogen (secondary N) is 1. The second-order valence-corrected chi connectivity index (χ2v) is 10.3. The summed E-state index contributed by atoms with van der Waals surface area (Å²) in [5.41, 5.74) is 1.21. The molecule has 2 amide bonds. The van der Waals surface area contributed by atoms with Gasteiger partial charge in [-0.2, -0.15) is 0 Å². The minimum Gasteiger partial charge on any atom is -0.480 e. The predicted octanol–water partition coefficient (Wildman–Crippen LogP) is 2.50. The van der Waals surface area contributed by atoms with Crippen LogP contribution in [0.25, 0.3) is 10.6 Å². The third kappa shape index (κ3) is 3.20. The van der Waals surface area contributed by atoms with Gasteiger partial charge in [-0.3, -0.25) is 9.59 Å². The van der Waals surface area contributed by atoms with E-state index < -0.39 is 40.0 Å². The molecule has 29 heavy (non-hydrogen) atoms. The monoisotopic (exact) mass is 435 g/mol. The van der Waals surface area contributed by atoms with Crippen LogP contribution in [0.15, 0.2) is 24.3 Å². The van der Waals surface area contributed by atoms with Crippen LogP contribution in [-0.2, 0) is 9.59 Å². The molecule has 1 aromatic heterocycles. The Balaban J connectivity index is 1.52. The Bertz CT molecular complexity index is 1020. The number of rotatable bonds is 4. The minimum absolute atomic E-state index is 0.357. The summed E-state index contributed by atoms with van der Waals surface area (Å²) < 4.78 is 12.5. The highest BCUT2D eigenvalue weighted by Crippen LogP contribution is 2.50. The van der Waals surface area contributed by atoms with Gasteiger partial charge in [0, 0.05) is 10.3 Å². The van der Waals surface area contributed by atoms with E-state index in [-0.39, 0.29) is 5.82 Å². The number of thiazole rings is 1.